The van der Waals surface area contributed by atoms with Crippen molar-refractivity contribution in [1.29, 1.82) is 0 Å². The Labute approximate surface area is 136 Å². The Hall–Kier alpha value is -3.55. The van der Waals surface area contributed by atoms with Crippen LogP contribution in [-0.2, 0) is 0 Å². The van der Waals surface area contributed by atoms with Crippen molar-refractivity contribution in [2.75, 3.05) is 10.6 Å². The van der Waals surface area contributed by atoms with Gasteiger partial charge in [0.2, 0.25) is 0 Å². The van der Waals surface area contributed by atoms with Crippen molar-refractivity contribution >= 4 is 34.1 Å². The maximum Gasteiger partial charge on any atom is 0.323 e. The summed E-state index contributed by atoms with van der Waals surface area (Å²) in [5, 5.41) is 16.8. The number of hydrogen-bond donors (Lipinski definition) is 2. The Morgan fingerprint density at radius 2 is 2.00 bits per heavy atom. The molecule has 3 aromatic rings. The van der Waals surface area contributed by atoms with Gasteiger partial charge >= 0.3 is 6.03 Å². The highest BCUT2D eigenvalue weighted by atomic mass is 16.6. The monoisotopic (exact) mass is 323 g/mol. The number of rotatable bonds is 3. The molecule has 2 aromatic heterocycles. The van der Waals surface area contributed by atoms with Gasteiger partial charge in [0, 0.05) is 29.4 Å². The molecule has 0 radical (unpaired) electrons. The van der Waals surface area contributed by atoms with Crippen LogP contribution in [0.25, 0.3) is 11.0 Å². The molecule has 0 aliphatic heterocycles. The molecule has 0 aliphatic rings. The topological polar surface area (TPSA) is 110 Å². The Morgan fingerprint density at radius 1 is 1.17 bits per heavy atom. The molecule has 0 saturated carbocycles. The number of carbonyl (C=O) groups excluding carboxylic acids is 1. The van der Waals surface area contributed by atoms with E-state index in [1.165, 1.54) is 18.2 Å². The normalized spacial score (nSPS) is 10.4. The fourth-order valence-electron chi connectivity index (χ4n) is 2.20. The first kappa shape index (κ1) is 15.3. The van der Waals surface area contributed by atoms with E-state index in [-0.39, 0.29) is 5.69 Å². The van der Waals surface area contributed by atoms with Gasteiger partial charge in [-0.1, -0.05) is 6.07 Å². The maximum atomic E-state index is 12.1. The molecule has 8 heteroatoms. The third-order valence-corrected chi connectivity index (χ3v) is 3.34. The van der Waals surface area contributed by atoms with Crippen LogP contribution in [0.3, 0.4) is 0 Å². The van der Waals surface area contributed by atoms with Crippen LogP contribution in [0.4, 0.5) is 21.9 Å². The van der Waals surface area contributed by atoms with Crippen LogP contribution in [0.15, 0.2) is 48.7 Å². The predicted molar refractivity (Wildman–Crippen MR) is 90.0 cm³/mol. The number of hydrogen-bond acceptors (Lipinski definition) is 5. The average molecular weight is 323 g/mol. The molecular weight excluding hydrogens is 310 g/mol. The summed E-state index contributed by atoms with van der Waals surface area (Å²) >= 11 is 0. The summed E-state index contributed by atoms with van der Waals surface area (Å²) in [4.78, 5) is 30.8. The first-order chi connectivity index (χ1) is 11.5. The number of non-ortho nitro benzene ring substituents is 1. The summed E-state index contributed by atoms with van der Waals surface area (Å²) in [6.45, 7) is 1.76. The molecule has 0 fully saturated rings. The SMILES string of the molecule is Cc1nc2ncccc2cc1NC(=O)Nc1cccc([N+](=O)[O-])c1. The van der Waals surface area contributed by atoms with E-state index in [1.54, 1.807) is 31.3 Å². The first-order valence-corrected chi connectivity index (χ1v) is 7.08. The lowest BCUT2D eigenvalue weighted by atomic mass is 10.2. The van der Waals surface area contributed by atoms with E-state index in [4.69, 9.17) is 0 Å². The van der Waals surface area contributed by atoms with Gasteiger partial charge in [0.15, 0.2) is 5.65 Å². The number of aromatic nitrogens is 2. The second-order valence-corrected chi connectivity index (χ2v) is 5.06. The summed E-state index contributed by atoms with van der Waals surface area (Å²) in [6.07, 6.45) is 1.65. The van der Waals surface area contributed by atoms with Gasteiger partial charge in [-0.25, -0.2) is 14.8 Å². The van der Waals surface area contributed by atoms with Gasteiger partial charge in [-0.2, -0.15) is 0 Å². The number of urea groups is 1. The Bertz CT molecular complexity index is 942. The maximum absolute atomic E-state index is 12.1. The molecule has 3 rings (SSSR count). The highest BCUT2D eigenvalue weighted by molar-refractivity contribution is 6.01. The van der Waals surface area contributed by atoms with Crippen LogP contribution in [0.1, 0.15) is 5.69 Å². The van der Waals surface area contributed by atoms with Gasteiger partial charge in [0.1, 0.15) is 0 Å². The summed E-state index contributed by atoms with van der Waals surface area (Å²) in [5.74, 6) is 0. The molecule has 0 atom stereocenters. The predicted octanol–water partition coefficient (Wildman–Crippen LogP) is 3.49. The lowest BCUT2D eigenvalue weighted by Crippen LogP contribution is -2.20. The quantitative estimate of drug-likeness (QED) is 0.566. The Kier molecular flexibility index (Phi) is 4.02. The van der Waals surface area contributed by atoms with Crippen molar-refractivity contribution in [2.45, 2.75) is 6.92 Å². The van der Waals surface area contributed by atoms with Crippen LogP contribution in [-0.4, -0.2) is 20.9 Å². The third kappa shape index (κ3) is 3.27. The van der Waals surface area contributed by atoms with E-state index in [0.717, 1.165) is 5.39 Å². The number of nitrogens with one attached hydrogen (secondary N) is 2. The number of nitro groups is 1. The van der Waals surface area contributed by atoms with Gasteiger partial charge in [0.25, 0.3) is 5.69 Å². The second-order valence-electron chi connectivity index (χ2n) is 5.06. The fraction of sp³-hybridized carbons (Fsp3) is 0.0625. The molecular formula is C16H13N5O3. The molecule has 0 bridgehead atoms. The first-order valence-electron chi connectivity index (χ1n) is 7.08. The van der Waals surface area contributed by atoms with E-state index >= 15 is 0 Å². The highest BCUT2D eigenvalue weighted by Gasteiger charge is 2.10. The second kappa shape index (κ2) is 6.29. The standard InChI is InChI=1S/C16H13N5O3/c1-10-14(8-11-4-3-7-17-15(11)18-10)20-16(22)19-12-5-2-6-13(9-12)21(23)24/h2-9H,1H3,(H2,19,20,22). The Morgan fingerprint density at radius 3 is 2.79 bits per heavy atom. The number of fused-ring (bicyclic) bond motifs is 1. The minimum atomic E-state index is -0.520. The van der Waals surface area contributed by atoms with Crippen molar-refractivity contribution in [2.24, 2.45) is 0 Å². The largest absolute Gasteiger partial charge is 0.323 e. The Balaban J connectivity index is 1.79. The third-order valence-electron chi connectivity index (χ3n) is 3.34. The van der Waals surface area contributed by atoms with Crippen LogP contribution in [0.5, 0.6) is 0 Å². The number of aryl methyl sites for hydroxylation is 1. The van der Waals surface area contributed by atoms with Gasteiger partial charge in [0.05, 0.1) is 16.3 Å². The van der Waals surface area contributed by atoms with Crippen LogP contribution in [0, 0.1) is 17.0 Å². The zero-order chi connectivity index (χ0) is 17.1. The van der Waals surface area contributed by atoms with Crippen molar-refractivity contribution < 1.29 is 9.72 Å². The number of nitro benzene ring substituents is 1. The molecule has 120 valence electrons. The zero-order valence-electron chi connectivity index (χ0n) is 12.7. The zero-order valence-corrected chi connectivity index (χ0v) is 12.7. The van der Waals surface area contributed by atoms with Crippen molar-refractivity contribution in [3.05, 3.63) is 64.5 Å². The van der Waals surface area contributed by atoms with E-state index in [1.807, 2.05) is 6.07 Å². The fourth-order valence-corrected chi connectivity index (χ4v) is 2.20. The molecule has 1 aromatic carbocycles. The number of benzene rings is 1. The number of amides is 2. The van der Waals surface area contributed by atoms with Gasteiger partial charge in [-0.15, -0.1) is 0 Å². The molecule has 0 saturated heterocycles. The van der Waals surface area contributed by atoms with E-state index in [0.29, 0.717) is 22.7 Å². The smallest absolute Gasteiger partial charge is 0.307 e. The van der Waals surface area contributed by atoms with Gasteiger partial charge in [-0.05, 0) is 31.2 Å². The van der Waals surface area contributed by atoms with E-state index < -0.39 is 11.0 Å². The molecule has 0 unspecified atom stereocenters. The van der Waals surface area contributed by atoms with Crippen LogP contribution in [0.2, 0.25) is 0 Å². The summed E-state index contributed by atoms with van der Waals surface area (Å²) in [7, 11) is 0. The average Bonchev–Trinajstić information content (AvgIpc) is 2.55. The van der Waals surface area contributed by atoms with Gasteiger partial charge in [-0.3, -0.25) is 10.1 Å². The number of carbonyl (C=O) groups is 1. The number of pyridine rings is 2. The lowest BCUT2D eigenvalue weighted by Gasteiger charge is -2.10. The van der Waals surface area contributed by atoms with Crippen LogP contribution < -0.4 is 10.6 Å². The highest BCUT2D eigenvalue weighted by Crippen LogP contribution is 2.20. The van der Waals surface area contributed by atoms with Crippen molar-refractivity contribution in [3.8, 4) is 0 Å². The van der Waals surface area contributed by atoms with E-state index in [2.05, 4.69) is 20.6 Å². The van der Waals surface area contributed by atoms with Crippen molar-refractivity contribution in [3.63, 3.8) is 0 Å². The number of nitrogens with zero attached hydrogens (tertiary/aromatic N) is 3. The van der Waals surface area contributed by atoms with Crippen molar-refractivity contribution in [1.82, 2.24) is 9.97 Å². The summed E-state index contributed by atoms with van der Waals surface area (Å²) < 4.78 is 0. The summed E-state index contributed by atoms with van der Waals surface area (Å²) in [5.41, 5.74) is 1.99. The molecule has 24 heavy (non-hydrogen) atoms. The minimum absolute atomic E-state index is 0.0950. The minimum Gasteiger partial charge on any atom is -0.307 e. The molecule has 2 N–H and O–H groups in total. The van der Waals surface area contributed by atoms with Gasteiger partial charge < -0.3 is 10.6 Å². The molecule has 2 heterocycles. The molecule has 8 nitrogen and oxygen atoms in total. The molecule has 0 spiro atoms. The summed E-state index contributed by atoms with van der Waals surface area (Å²) in [6, 6.07) is 10.6. The van der Waals surface area contributed by atoms with Crippen LogP contribution >= 0.6 is 0 Å². The molecule has 0 aliphatic carbocycles. The molecule has 2 amide bonds. The number of anilines is 2. The lowest BCUT2D eigenvalue weighted by molar-refractivity contribution is -0.384. The van der Waals surface area contributed by atoms with E-state index in [9.17, 15) is 14.9 Å².